The molecule has 0 amide bonds. The molecule has 1 aromatic heterocycles. The summed E-state index contributed by atoms with van der Waals surface area (Å²) in [4.78, 5) is 3.60. The van der Waals surface area contributed by atoms with Gasteiger partial charge in [-0.05, 0) is 5.92 Å². The molecule has 14 heavy (non-hydrogen) atoms. The molecule has 1 heterocycles. The van der Waals surface area contributed by atoms with Crippen molar-refractivity contribution in [3.63, 3.8) is 0 Å². The van der Waals surface area contributed by atoms with E-state index in [1.807, 2.05) is 20.8 Å². The molecule has 5 heteroatoms. The third-order valence-electron chi connectivity index (χ3n) is 2.23. The smallest absolute Gasteiger partial charge is 0.237 e. The predicted octanol–water partition coefficient (Wildman–Crippen LogP) is 3.92. The third kappa shape index (κ3) is 2.47. The maximum Gasteiger partial charge on any atom is 0.443 e. The molecular formula is C9H12F3NS. The molecule has 0 bridgehead atoms. The molecule has 0 spiro atoms. The Bertz CT molecular complexity index is 303. The zero-order valence-corrected chi connectivity index (χ0v) is 9.04. The van der Waals surface area contributed by atoms with Crippen LogP contribution in [0.15, 0.2) is 5.38 Å². The Labute approximate surface area is 85.0 Å². The standard InChI is InChI=1S/C9H12F3NS/c1-5(2)6(3)7-4-14-8(13-7)9(10,11)12/h4-6H,1-3H3. The van der Waals surface area contributed by atoms with Crippen molar-refractivity contribution in [2.75, 3.05) is 0 Å². The Morgan fingerprint density at radius 2 is 1.86 bits per heavy atom. The Balaban J connectivity index is 2.89. The summed E-state index contributed by atoms with van der Waals surface area (Å²) in [7, 11) is 0. The van der Waals surface area contributed by atoms with Gasteiger partial charge in [-0.25, -0.2) is 4.98 Å². The van der Waals surface area contributed by atoms with E-state index in [-0.39, 0.29) is 5.92 Å². The number of halogens is 3. The number of nitrogens with zero attached hydrogens (tertiary/aromatic N) is 1. The van der Waals surface area contributed by atoms with E-state index >= 15 is 0 Å². The highest BCUT2D eigenvalue weighted by molar-refractivity contribution is 7.09. The molecule has 1 aromatic rings. The second kappa shape index (κ2) is 3.88. The van der Waals surface area contributed by atoms with Gasteiger partial charge < -0.3 is 0 Å². The summed E-state index contributed by atoms with van der Waals surface area (Å²) >= 11 is 0.666. The van der Waals surface area contributed by atoms with Crippen LogP contribution < -0.4 is 0 Å². The summed E-state index contributed by atoms with van der Waals surface area (Å²) in [5.74, 6) is 0.375. The van der Waals surface area contributed by atoms with E-state index in [9.17, 15) is 13.2 Å². The quantitative estimate of drug-likeness (QED) is 0.740. The Morgan fingerprint density at radius 1 is 1.29 bits per heavy atom. The van der Waals surface area contributed by atoms with Crippen LogP contribution in [0.25, 0.3) is 0 Å². The van der Waals surface area contributed by atoms with Gasteiger partial charge in [0.15, 0.2) is 5.01 Å². The van der Waals surface area contributed by atoms with E-state index in [1.165, 1.54) is 5.38 Å². The Hall–Kier alpha value is -0.580. The topological polar surface area (TPSA) is 12.9 Å². The van der Waals surface area contributed by atoms with Crippen LogP contribution in [0.3, 0.4) is 0 Å². The normalized spacial score (nSPS) is 14.8. The highest BCUT2D eigenvalue weighted by Gasteiger charge is 2.35. The van der Waals surface area contributed by atoms with Crippen LogP contribution in [0.4, 0.5) is 13.2 Å². The van der Waals surface area contributed by atoms with Gasteiger partial charge in [-0.1, -0.05) is 20.8 Å². The van der Waals surface area contributed by atoms with Crippen molar-refractivity contribution >= 4 is 11.3 Å². The molecule has 1 atom stereocenters. The SMILES string of the molecule is CC(C)C(C)c1csc(C(F)(F)F)n1. The van der Waals surface area contributed by atoms with Gasteiger partial charge >= 0.3 is 6.18 Å². The number of hydrogen-bond acceptors (Lipinski definition) is 2. The zero-order valence-electron chi connectivity index (χ0n) is 8.22. The summed E-state index contributed by atoms with van der Waals surface area (Å²) in [5, 5.41) is 0.744. The van der Waals surface area contributed by atoms with Crippen molar-refractivity contribution in [2.45, 2.75) is 32.9 Å². The molecule has 1 nitrogen and oxygen atoms in total. The molecule has 0 aliphatic heterocycles. The van der Waals surface area contributed by atoms with Gasteiger partial charge in [0.25, 0.3) is 0 Å². The van der Waals surface area contributed by atoms with Crippen molar-refractivity contribution in [1.29, 1.82) is 0 Å². The lowest BCUT2D eigenvalue weighted by Crippen LogP contribution is -2.07. The molecule has 0 radical (unpaired) electrons. The van der Waals surface area contributed by atoms with E-state index in [4.69, 9.17) is 0 Å². The summed E-state index contributed by atoms with van der Waals surface area (Å²) in [5.41, 5.74) is 0.539. The summed E-state index contributed by atoms with van der Waals surface area (Å²) in [6.45, 7) is 5.83. The zero-order chi connectivity index (χ0) is 10.9. The minimum absolute atomic E-state index is 0.0716. The summed E-state index contributed by atoms with van der Waals surface area (Å²) < 4.78 is 36.6. The van der Waals surface area contributed by atoms with Crippen LogP contribution in [0.5, 0.6) is 0 Å². The molecular weight excluding hydrogens is 211 g/mol. The lowest BCUT2D eigenvalue weighted by molar-refractivity contribution is -0.137. The van der Waals surface area contributed by atoms with Crippen molar-refractivity contribution in [3.8, 4) is 0 Å². The van der Waals surface area contributed by atoms with Crippen molar-refractivity contribution < 1.29 is 13.2 Å². The first-order chi connectivity index (χ1) is 6.32. The van der Waals surface area contributed by atoms with Gasteiger partial charge in [0.1, 0.15) is 0 Å². The summed E-state index contributed by atoms with van der Waals surface area (Å²) in [6.07, 6.45) is -4.31. The second-order valence-electron chi connectivity index (χ2n) is 3.61. The lowest BCUT2D eigenvalue weighted by Gasteiger charge is -2.12. The minimum Gasteiger partial charge on any atom is -0.237 e. The second-order valence-corrected chi connectivity index (χ2v) is 4.47. The maximum atomic E-state index is 12.2. The molecule has 0 saturated heterocycles. The van der Waals surface area contributed by atoms with Crippen LogP contribution >= 0.6 is 11.3 Å². The van der Waals surface area contributed by atoms with Gasteiger partial charge in [-0.15, -0.1) is 11.3 Å². The molecule has 0 aliphatic carbocycles. The number of aromatic nitrogens is 1. The van der Waals surface area contributed by atoms with E-state index in [0.717, 1.165) is 0 Å². The third-order valence-corrected chi connectivity index (χ3v) is 3.14. The maximum absolute atomic E-state index is 12.2. The first-order valence-electron chi connectivity index (χ1n) is 4.35. The van der Waals surface area contributed by atoms with Crippen LogP contribution in [0.2, 0.25) is 0 Å². The van der Waals surface area contributed by atoms with E-state index in [1.54, 1.807) is 0 Å². The lowest BCUT2D eigenvalue weighted by atomic mass is 9.96. The van der Waals surface area contributed by atoms with E-state index < -0.39 is 11.2 Å². The van der Waals surface area contributed by atoms with Gasteiger partial charge in [0.2, 0.25) is 0 Å². The largest absolute Gasteiger partial charge is 0.443 e. The highest BCUT2D eigenvalue weighted by atomic mass is 32.1. The number of rotatable bonds is 2. The van der Waals surface area contributed by atoms with Crippen molar-refractivity contribution in [2.24, 2.45) is 5.92 Å². The summed E-state index contributed by atoms with van der Waals surface area (Å²) in [6, 6.07) is 0. The highest BCUT2D eigenvalue weighted by Crippen LogP contribution is 2.34. The molecule has 0 aliphatic rings. The predicted molar refractivity (Wildman–Crippen MR) is 50.4 cm³/mol. The van der Waals surface area contributed by atoms with Crippen LogP contribution in [0, 0.1) is 5.92 Å². The fourth-order valence-corrected chi connectivity index (χ4v) is 1.76. The molecule has 0 fully saturated rings. The Morgan fingerprint density at radius 3 is 2.21 bits per heavy atom. The molecule has 80 valence electrons. The average molecular weight is 223 g/mol. The fraction of sp³-hybridized carbons (Fsp3) is 0.667. The van der Waals surface area contributed by atoms with Gasteiger partial charge in [-0.2, -0.15) is 13.2 Å². The first-order valence-corrected chi connectivity index (χ1v) is 5.23. The van der Waals surface area contributed by atoms with Crippen molar-refractivity contribution in [3.05, 3.63) is 16.1 Å². The average Bonchev–Trinajstić information content (AvgIpc) is 2.49. The van der Waals surface area contributed by atoms with Crippen LogP contribution in [-0.2, 0) is 6.18 Å². The number of alkyl halides is 3. The molecule has 0 aromatic carbocycles. The molecule has 0 saturated carbocycles. The van der Waals surface area contributed by atoms with Crippen LogP contribution in [-0.4, -0.2) is 4.98 Å². The molecule has 1 unspecified atom stereocenters. The van der Waals surface area contributed by atoms with Gasteiger partial charge in [0, 0.05) is 11.3 Å². The van der Waals surface area contributed by atoms with Gasteiger partial charge in [-0.3, -0.25) is 0 Å². The molecule has 1 rings (SSSR count). The van der Waals surface area contributed by atoms with Crippen molar-refractivity contribution in [1.82, 2.24) is 4.98 Å². The fourth-order valence-electron chi connectivity index (χ4n) is 0.967. The Kier molecular flexibility index (Phi) is 3.19. The number of thiazole rings is 1. The van der Waals surface area contributed by atoms with E-state index in [0.29, 0.717) is 22.9 Å². The molecule has 0 N–H and O–H groups in total. The van der Waals surface area contributed by atoms with Gasteiger partial charge in [0.05, 0.1) is 5.69 Å². The van der Waals surface area contributed by atoms with Crippen LogP contribution in [0.1, 0.15) is 37.4 Å². The minimum atomic E-state index is -4.31. The first kappa shape index (κ1) is 11.5. The number of hydrogen-bond donors (Lipinski definition) is 0. The van der Waals surface area contributed by atoms with E-state index in [2.05, 4.69) is 4.98 Å². The monoisotopic (exact) mass is 223 g/mol.